The summed E-state index contributed by atoms with van der Waals surface area (Å²) in [5, 5.41) is 11.1. The summed E-state index contributed by atoms with van der Waals surface area (Å²) in [6.07, 6.45) is 3.33. The Bertz CT molecular complexity index is 1140. The number of ketones is 1. The van der Waals surface area contributed by atoms with Gasteiger partial charge < -0.3 is 14.7 Å². The van der Waals surface area contributed by atoms with Gasteiger partial charge in [0.2, 0.25) is 0 Å². The van der Waals surface area contributed by atoms with Crippen molar-refractivity contribution in [3.8, 4) is 5.75 Å². The number of aliphatic hydroxyl groups is 1. The molecule has 0 bridgehead atoms. The number of ether oxygens (including phenoxy) is 1. The van der Waals surface area contributed by atoms with Crippen LogP contribution in [-0.4, -0.2) is 32.8 Å². The molecule has 2 aromatic carbocycles. The maximum atomic E-state index is 13.1. The van der Waals surface area contributed by atoms with Gasteiger partial charge in [0.05, 0.1) is 17.7 Å². The van der Waals surface area contributed by atoms with Crippen LogP contribution < -0.4 is 4.74 Å². The summed E-state index contributed by atoms with van der Waals surface area (Å²) in [5.74, 6) is -0.901. The van der Waals surface area contributed by atoms with Gasteiger partial charge in [0.25, 0.3) is 11.7 Å². The van der Waals surface area contributed by atoms with Crippen molar-refractivity contribution in [1.29, 1.82) is 0 Å². The van der Waals surface area contributed by atoms with Gasteiger partial charge in [-0.1, -0.05) is 36.4 Å². The molecule has 1 atom stereocenters. The molecule has 6 heteroatoms. The number of hydrogen-bond acceptors (Lipinski definition) is 5. The summed E-state index contributed by atoms with van der Waals surface area (Å²) in [5.41, 5.74) is 2.06. The predicted octanol–water partition coefficient (Wildman–Crippen LogP) is 4.49. The standard InChI is InChI=1S/C26H24N2O4/c1-17(2)32-21-12-10-20(11-13-21)24(29)22-23(19-8-4-3-5-9-19)28(26(31)25(22)30)16-18-7-6-14-27-15-18/h3-15,17,23,29H,16H2,1-2H3/t23-/m0/s1. The van der Waals surface area contributed by atoms with Gasteiger partial charge >= 0.3 is 0 Å². The Morgan fingerprint density at radius 3 is 2.38 bits per heavy atom. The Hall–Kier alpha value is -3.93. The van der Waals surface area contributed by atoms with Gasteiger partial charge in [-0.15, -0.1) is 0 Å². The zero-order chi connectivity index (χ0) is 22.7. The number of aromatic nitrogens is 1. The van der Waals surface area contributed by atoms with Crippen molar-refractivity contribution in [2.24, 2.45) is 0 Å². The van der Waals surface area contributed by atoms with E-state index in [2.05, 4.69) is 4.98 Å². The van der Waals surface area contributed by atoms with Crippen molar-refractivity contribution in [2.75, 3.05) is 0 Å². The summed E-state index contributed by atoms with van der Waals surface area (Å²) in [6, 6.07) is 19.0. The lowest BCUT2D eigenvalue weighted by atomic mass is 9.95. The first-order chi connectivity index (χ1) is 15.5. The minimum atomic E-state index is -0.706. The van der Waals surface area contributed by atoms with E-state index in [1.165, 1.54) is 4.90 Å². The van der Waals surface area contributed by atoms with Crippen LogP contribution in [0.15, 0.2) is 84.7 Å². The zero-order valence-corrected chi connectivity index (χ0v) is 17.9. The second kappa shape index (κ2) is 9.06. The molecule has 0 unspecified atom stereocenters. The number of nitrogens with zero attached hydrogens (tertiary/aromatic N) is 2. The third-order valence-electron chi connectivity index (χ3n) is 5.23. The van der Waals surface area contributed by atoms with Crippen LogP contribution in [0.1, 0.15) is 36.6 Å². The van der Waals surface area contributed by atoms with E-state index in [0.29, 0.717) is 11.3 Å². The smallest absolute Gasteiger partial charge is 0.295 e. The molecule has 1 aromatic heterocycles. The number of rotatable bonds is 6. The average molecular weight is 428 g/mol. The number of aliphatic hydroxyl groups excluding tert-OH is 1. The fraction of sp³-hybridized carbons (Fsp3) is 0.192. The lowest BCUT2D eigenvalue weighted by Crippen LogP contribution is -2.29. The fourth-order valence-corrected chi connectivity index (χ4v) is 3.83. The Morgan fingerprint density at radius 2 is 1.75 bits per heavy atom. The lowest BCUT2D eigenvalue weighted by Gasteiger charge is -2.25. The molecular weight excluding hydrogens is 404 g/mol. The highest BCUT2D eigenvalue weighted by molar-refractivity contribution is 6.46. The molecule has 1 fully saturated rings. The molecule has 0 radical (unpaired) electrons. The maximum absolute atomic E-state index is 13.1. The predicted molar refractivity (Wildman–Crippen MR) is 121 cm³/mol. The molecule has 2 heterocycles. The van der Waals surface area contributed by atoms with Gasteiger partial charge in [0, 0.05) is 24.5 Å². The minimum Gasteiger partial charge on any atom is -0.507 e. The summed E-state index contributed by atoms with van der Waals surface area (Å²) in [4.78, 5) is 31.7. The van der Waals surface area contributed by atoms with Crippen molar-refractivity contribution >= 4 is 17.4 Å². The van der Waals surface area contributed by atoms with Gasteiger partial charge in [-0.3, -0.25) is 14.6 Å². The van der Waals surface area contributed by atoms with E-state index < -0.39 is 17.7 Å². The van der Waals surface area contributed by atoms with Gasteiger partial charge in [-0.25, -0.2) is 0 Å². The van der Waals surface area contributed by atoms with E-state index >= 15 is 0 Å². The number of amides is 1. The number of likely N-dealkylation sites (tertiary alicyclic amines) is 1. The molecule has 0 aliphatic carbocycles. The van der Waals surface area contributed by atoms with Crippen molar-refractivity contribution < 1.29 is 19.4 Å². The lowest BCUT2D eigenvalue weighted by molar-refractivity contribution is -0.140. The average Bonchev–Trinajstić information content (AvgIpc) is 3.05. The first-order valence-corrected chi connectivity index (χ1v) is 10.4. The molecule has 6 nitrogen and oxygen atoms in total. The van der Waals surface area contributed by atoms with E-state index in [-0.39, 0.29) is 24.0 Å². The van der Waals surface area contributed by atoms with Gasteiger partial charge in [0.1, 0.15) is 11.5 Å². The van der Waals surface area contributed by atoms with Crippen LogP contribution in [0.3, 0.4) is 0 Å². The monoisotopic (exact) mass is 428 g/mol. The molecule has 1 saturated heterocycles. The number of carbonyl (C=O) groups excluding carboxylic acids is 2. The van der Waals surface area contributed by atoms with Crippen LogP contribution in [0.5, 0.6) is 5.75 Å². The number of hydrogen-bond donors (Lipinski definition) is 1. The largest absolute Gasteiger partial charge is 0.507 e. The second-order valence-electron chi connectivity index (χ2n) is 7.89. The maximum Gasteiger partial charge on any atom is 0.295 e. The molecule has 1 aliphatic rings. The van der Waals surface area contributed by atoms with E-state index in [4.69, 9.17) is 4.74 Å². The molecule has 3 aromatic rings. The first-order valence-electron chi connectivity index (χ1n) is 10.4. The molecule has 162 valence electrons. The van der Waals surface area contributed by atoms with E-state index in [0.717, 1.165) is 11.1 Å². The third kappa shape index (κ3) is 4.25. The van der Waals surface area contributed by atoms with Crippen LogP contribution in [0.2, 0.25) is 0 Å². The topological polar surface area (TPSA) is 79.7 Å². The van der Waals surface area contributed by atoms with Gasteiger partial charge in [-0.05, 0) is 55.3 Å². The number of carbonyl (C=O) groups is 2. The van der Waals surface area contributed by atoms with Crippen molar-refractivity contribution in [2.45, 2.75) is 32.5 Å². The number of Topliss-reactive ketones (excluding diaryl/α,β-unsaturated/α-hetero) is 1. The molecule has 1 aliphatic heterocycles. The Morgan fingerprint density at radius 1 is 1.03 bits per heavy atom. The number of benzene rings is 2. The molecule has 1 amide bonds. The molecule has 0 spiro atoms. The summed E-state index contributed by atoms with van der Waals surface area (Å²) in [7, 11) is 0. The van der Waals surface area contributed by atoms with Crippen LogP contribution in [0, 0.1) is 0 Å². The second-order valence-corrected chi connectivity index (χ2v) is 7.89. The Kier molecular flexibility index (Phi) is 6.03. The Balaban J connectivity index is 1.78. The first kappa shape index (κ1) is 21.3. The zero-order valence-electron chi connectivity index (χ0n) is 17.9. The van der Waals surface area contributed by atoms with E-state index in [1.54, 1.807) is 42.7 Å². The summed E-state index contributed by atoms with van der Waals surface area (Å²) in [6.45, 7) is 4.06. The van der Waals surface area contributed by atoms with E-state index in [9.17, 15) is 14.7 Å². The van der Waals surface area contributed by atoms with Crippen molar-refractivity contribution in [1.82, 2.24) is 9.88 Å². The highest BCUT2D eigenvalue weighted by Gasteiger charge is 2.46. The Labute approximate surface area is 186 Å². The molecular formula is C26H24N2O4. The highest BCUT2D eigenvalue weighted by atomic mass is 16.5. The SMILES string of the molecule is CC(C)Oc1ccc(C(O)=C2C(=O)C(=O)N(Cc3cccnc3)[C@H]2c2ccccc2)cc1. The van der Waals surface area contributed by atoms with Crippen LogP contribution in [0.4, 0.5) is 0 Å². The minimum absolute atomic E-state index is 0.0188. The van der Waals surface area contributed by atoms with Gasteiger partial charge in [-0.2, -0.15) is 0 Å². The summed E-state index contributed by atoms with van der Waals surface area (Å²) < 4.78 is 5.65. The normalized spacial score (nSPS) is 17.7. The molecule has 1 N–H and O–H groups in total. The summed E-state index contributed by atoms with van der Waals surface area (Å²) >= 11 is 0. The van der Waals surface area contributed by atoms with Gasteiger partial charge in [0.15, 0.2) is 0 Å². The van der Waals surface area contributed by atoms with Crippen LogP contribution in [0.25, 0.3) is 5.76 Å². The van der Waals surface area contributed by atoms with Crippen molar-refractivity contribution in [3.05, 3.63) is 101 Å². The molecule has 32 heavy (non-hydrogen) atoms. The molecule has 0 saturated carbocycles. The fourth-order valence-electron chi connectivity index (χ4n) is 3.83. The number of pyridine rings is 1. The quantitative estimate of drug-likeness (QED) is 0.355. The van der Waals surface area contributed by atoms with E-state index in [1.807, 2.05) is 50.2 Å². The highest BCUT2D eigenvalue weighted by Crippen LogP contribution is 2.40. The van der Waals surface area contributed by atoms with Crippen molar-refractivity contribution in [3.63, 3.8) is 0 Å². The van der Waals surface area contributed by atoms with Crippen LogP contribution in [-0.2, 0) is 16.1 Å². The third-order valence-corrected chi connectivity index (χ3v) is 5.23. The van der Waals surface area contributed by atoms with Crippen LogP contribution >= 0.6 is 0 Å². The molecule has 4 rings (SSSR count).